The third-order valence-corrected chi connectivity index (χ3v) is 2.88. The van der Waals surface area contributed by atoms with Gasteiger partial charge < -0.3 is 0 Å². The Morgan fingerprint density at radius 3 is 2.60 bits per heavy atom. The highest BCUT2D eigenvalue weighted by atomic mass is 19.3. The second kappa shape index (κ2) is 5.44. The summed E-state index contributed by atoms with van der Waals surface area (Å²) in [7, 11) is 0. The first-order chi connectivity index (χ1) is 9.45. The number of benzene rings is 1. The molecular weight excluding hydrogens is 266 g/mol. The average Bonchev–Trinajstić information content (AvgIpc) is 2.66. The van der Waals surface area contributed by atoms with Crippen molar-refractivity contribution in [3.63, 3.8) is 0 Å². The van der Waals surface area contributed by atoms with Crippen molar-refractivity contribution in [3.05, 3.63) is 28.7 Å². The number of nitrogens with one attached hydrogen (secondary N) is 1. The highest BCUT2D eigenvalue weighted by Gasteiger charge is 2.18. The first-order valence-electron chi connectivity index (χ1n) is 6.25. The van der Waals surface area contributed by atoms with E-state index >= 15 is 0 Å². The number of halogens is 2. The minimum absolute atomic E-state index is 0.195. The van der Waals surface area contributed by atoms with Crippen LogP contribution >= 0.6 is 0 Å². The van der Waals surface area contributed by atoms with Gasteiger partial charge in [0, 0.05) is 12.3 Å². The molecule has 20 heavy (non-hydrogen) atoms. The van der Waals surface area contributed by atoms with Crippen molar-refractivity contribution in [1.29, 1.82) is 0 Å². The van der Waals surface area contributed by atoms with E-state index in [1.165, 1.54) is 10.6 Å². The quantitative estimate of drug-likeness (QED) is 0.692. The summed E-state index contributed by atoms with van der Waals surface area (Å²) in [6.45, 7) is 2.84. The van der Waals surface area contributed by atoms with Gasteiger partial charge in [0.1, 0.15) is 0 Å². The molecule has 2 aromatic rings. The van der Waals surface area contributed by atoms with Gasteiger partial charge in [-0.25, -0.2) is 9.36 Å². The topological polar surface area (TPSA) is 51.3 Å². The number of hydrogen-bond acceptors (Lipinski definition) is 3. The minimum Gasteiger partial charge on any atom is -0.292 e. The van der Waals surface area contributed by atoms with Gasteiger partial charge in [-0.1, -0.05) is 0 Å². The van der Waals surface area contributed by atoms with Crippen molar-refractivity contribution >= 4 is 22.4 Å². The lowest BCUT2D eigenvalue weighted by Crippen LogP contribution is -2.24. The van der Waals surface area contributed by atoms with Crippen LogP contribution in [0.5, 0.6) is 0 Å². The van der Waals surface area contributed by atoms with Crippen molar-refractivity contribution in [2.45, 2.75) is 33.9 Å². The van der Waals surface area contributed by atoms with Crippen LogP contribution in [0.4, 0.5) is 14.5 Å². The van der Waals surface area contributed by atoms with Crippen molar-refractivity contribution in [2.75, 3.05) is 5.43 Å². The molecule has 0 aliphatic carbocycles. The molecule has 0 bridgehead atoms. The normalized spacial score (nSPS) is 11.1. The number of fused-ring (bicyclic) bond motifs is 1. The molecule has 1 N–H and O–H groups in total. The predicted molar refractivity (Wildman–Crippen MR) is 75.5 cm³/mol. The highest BCUT2D eigenvalue weighted by molar-refractivity contribution is 5.82. The molecule has 1 heterocycles. The summed E-state index contributed by atoms with van der Waals surface area (Å²) >= 11 is 0. The van der Waals surface area contributed by atoms with E-state index in [4.69, 9.17) is 0 Å². The Hall–Kier alpha value is -2.18. The SMILES string of the molecule is CCn1c(=O)n(C(F)F)c2cc(NN=C(C)C)ccc21. The Balaban J connectivity index is 2.64. The largest absolute Gasteiger partial charge is 0.333 e. The molecule has 0 amide bonds. The van der Waals surface area contributed by atoms with E-state index in [9.17, 15) is 13.6 Å². The molecule has 0 saturated carbocycles. The number of hydrazone groups is 1. The fourth-order valence-electron chi connectivity index (χ4n) is 2.02. The number of anilines is 1. The van der Waals surface area contributed by atoms with Crippen LogP contribution in [0.3, 0.4) is 0 Å². The Morgan fingerprint density at radius 1 is 1.35 bits per heavy atom. The van der Waals surface area contributed by atoms with Gasteiger partial charge in [0.15, 0.2) is 0 Å². The Morgan fingerprint density at radius 2 is 2.05 bits per heavy atom. The Bertz CT molecular complexity index is 711. The highest BCUT2D eigenvalue weighted by Crippen LogP contribution is 2.22. The zero-order chi connectivity index (χ0) is 14.9. The molecule has 108 valence electrons. The van der Waals surface area contributed by atoms with Crippen LogP contribution in [0, 0.1) is 0 Å². The zero-order valence-corrected chi connectivity index (χ0v) is 11.5. The monoisotopic (exact) mass is 282 g/mol. The molecule has 7 heteroatoms. The Labute approximate surface area is 114 Å². The maximum absolute atomic E-state index is 13.1. The smallest absolute Gasteiger partial charge is 0.292 e. The lowest BCUT2D eigenvalue weighted by Gasteiger charge is -2.04. The van der Waals surface area contributed by atoms with Gasteiger partial charge in [0.2, 0.25) is 0 Å². The van der Waals surface area contributed by atoms with Crippen molar-refractivity contribution in [2.24, 2.45) is 5.10 Å². The fourth-order valence-corrected chi connectivity index (χ4v) is 2.02. The lowest BCUT2D eigenvalue weighted by atomic mass is 10.2. The Kier molecular flexibility index (Phi) is 3.87. The summed E-state index contributed by atoms with van der Waals surface area (Å²) in [5.41, 5.74) is 4.11. The molecule has 0 aliphatic heterocycles. The predicted octanol–water partition coefficient (Wildman–Crippen LogP) is 3.03. The van der Waals surface area contributed by atoms with Gasteiger partial charge in [0.25, 0.3) is 0 Å². The van der Waals surface area contributed by atoms with Crippen LogP contribution in [0.1, 0.15) is 27.3 Å². The molecular formula is C13H16F2N4O. The van der Waals surface area contributed by atoms with Gasteiger partial charge in [-0.3, -0.25) is 9.99 Å². The zero-order valence-electron chi connectivity index (χ0n) is 11.5. The maximum Gasteiger partial charge on any atom is 0.333 e. The second-order valence-electron chi connectivity index (χ2n) is 4.55. The maximum atomic E-state index is 13.1. The van der Waals surface area contributed by atoms with Crippen LogP contribution in [0.25, 0.3) is 11.0 Å². The van der Waals surface area contributed by atoms with E-state index in [1.807, 2.05) is 13.8 Å². The van der Waals surface area contributed by atoms with Gasteiger partial charge in [-0.05, 0) is 39.0 Å². The number of alkyl halides is 2. The third kappa shape index (κ3) is 2.43. The number of nitrogens with zero attached hydrogens (tertiary/aromatic N) is 3. The van der Waals surface area contributed by atoms with E-state index in [0.29, 0.717) is 22.3 Å². The van der Waals surface area contributed by atoms with Gasteiger partial charge >= 0.3 is 12.2 Å². The molecule has 0 fully saturated rings. The molecule has 0 saturated heterocycles. The minimum atomic E-state index is -2.87. The molecule has 5 nitrogen and oxygen atoms in total. The first-order valence-corrected chi connectivity index (χ1v) is 6.25. The second-order valence-corrected chi connectivity index (χ2v) is 4.55. The van der Waals surface area contributed by atoms with Crippen LogP contribution in [-0.4, -0.2) is 14.8 Å². The number of rotatable bonds is 4. The number of aromatic nitrogens is 2. The number of imidazole rings is 1. The third-order valence-electron chi connectivity index (χ3n) is 2.88. The average molecular weight is 282 g/mol. The number of hydrogen-bond donors (Lipinski definition) is 1. The van der Waals surface area contributed by atoms with E-state index in [2.05, 4.69) is 10.5 Å². The lowest BCUT2D eigenvalue weighted by molar-refractivity contribution is 0.0703. The van der Waals surface area contributed by atoms with Gasteiger partial charge in [0.05, 0.1) is 16.7 Å². The molecule has 0 atom stereocenters. The molecule has 0 radical (unpaired) electrons. The van der Waals surface area contributed by atoms with Gasteiger partial charge in [-0.2, -0.15) is 13.9 Å². The molecule has 0 unspecified atom stereocenters. The molecule has 2 rings (SSSR count). The molecule has 1 aromatic heterocycles. The van der Waals surface area contributed by atoms with E-state index in [-0.39, 0.29) is 5.52 Å². The van der Waals surface area contributed by atoms with Crippen molar-refractivity contribution in [1.82, 2.24) is 9.13 Å². The molecule has 0 spiro atoms. The van der Waals surface area contributed by atoms with Crippen LogP contribution < -0.4 is 11.1 Å². The number of aryl methyl sites for hydroxylation is 1. The van der Waals surface area contributed by atoms with E-state index in [0.717, 1.165) is 5.71 Å². The fraction of sp³-hybridized carbons (Fsp3) is 0.385. The van der Waals surface area contributed by atoms with Crippen LogP contribution in [-0.2, 0) is 6.54 Å². The van der Waals surface area contributed by atoms with Crippen molar-refractivity contribution < 1.29 is 8.78 Å². The summed E-state index contributed by atoms with van der Waals surface area (Å²) < 4.78 is 27.9. The van der Waals surface area contributed by atoms with E-state index in [1.54, 1.807) is 19.1 Å². The van der Waals surface area contributed by atoms with E-state index < -0.39 is 12.2 Å². The van der Waals surface area contributed by atoms with Crippen molar-refractivity contribution in [3.8, 4) is 0 Å². The summed E-state index contributed by atoms with van der Waals surface area (Å²) in [6, 6.07) is 4.85. The summed E-state index contributed by atoms with van der Waals surface area (Å²) in [5.74, 6) is 0. The van der Waals surface area contributed by atoms with Gasteiger partial charge in [-0.15, -0.1) is 0 Å². The summed E-state index contributed by atoms with van der Waals surface area (Å²) in [5, 5.41) is 4.01. The van der Waals surface area contributed by atoms with Crippen LogP contribution in [0.15, 0.2) is 28.1 Å². The summed E-state index contributed by atoms with van der Waals surface area (Å²) in [4.78, 5) is 11.9. The first kappa shape index (κ1) is 14.2. The molecule has 1 aromatic carbocycles. The van der Waals surface area contributed by atoms with Crippen LogP contribution in [0.2, 0.25) is 0 Å². The standard InChI is InChI=1S/C13H16F2N4O/c1-4-18-10-6-5-9(17-16-8(2)3)7-11(10)19(12(14)15)13(18)20/h5-7,12,17H,4H2,1-3H3. The summed E-state index contributed by atoms with van der Waals surface area (Å²) in [6.07, 6.45) is 0. The molecule has 0 aliphatic rings.